The van der Waals surface area contributed by atoms with E-state index in [9.17, 15) is 0 Å². The molecule has 0 unspecified atom stereocenters. The standard InChI is InChI=1S/C13H15N3OS/c1-2-9-17-11-6-4-8-16-13(11)18-12-10(14)5-3-7-15-12/h3-8H,2,9,14H2,1H3. The van der Waals surface area contributed by atoms with Crippen LogP contribution in [0.4, 0.5) is 5.69 Å². The number of hydrogen-bond donors (Lipinski definition) is 1. The summed E-state index contributed by atoms with van der Waals surface area (Å²) in [6, 6.07) is 7.40. The Balaban J connectivity index is 2.21. The Morgan fingerprint density at radius 1 is 1.17 bits per heavy atom. The summed E-state index contributed by atoms with van der Waals surface area (Å²) in [6.45, 7) is 2.75. The average molecular weight is 261 g/mol. The molecule has 0 saturated carbocycles. The van der Waals surface area contributed by atoms with E-state index in [4.69, 9.17) is 10.5 Å². The first-order valence-corrected chi connectivity index (χ1v) is 6.59. The van der Waals surface area contributed by atoms with Crippen LogP contribution in [0.1, 0.15) is 13.3 Å². The highest BCUT2D eigenvalue weighted by molar-refractivity contribution is 7.99. The second-order valence-corrected chi connectivity index (χ2v) is 4.63. The predicted molar refractivity (Wildman–Crippen MR) is 72.8 cm³/mol. The molecule has 18 heavy (non-hydrogen) atoms. The SMILES string of the molecule is CCCOc1cccnc1Sc1ncccc1N. The van der Waals surface area contributed by atoms with E-state index in [0.717, 1.165) is 22.2 Å². The lowest BCUT2D eigenvalue weighted by atomic mass is 10.4. The van der Waals surface area contributed by atoms with Crippen molar-refractivity contribution in [3.8, 4) is 5.75 Å². The quantitative estimate of drug-likeness (QED) is 0.896. The van der Waals surface area contributed by atoms with Crippen LogP contribution in [-0.4, -0.2) is 16.6 Å². The number of nitrogen functional groups attached to an aromatic ring is 1. The third kappa shape index (κ3) is 3.13. The molecule has 0 radical (unpaired) electrons. The van der Waals surface area contributed by atoms with Crippen LogP contribution in [0.2, 0.25) is 0 Å². The van der Waals surface area contributed by atoms with Gasteiger partial charge in [0.05, 0.1) is 12.3 Å². The van der Waals surface area contributed by atoms with Crippen LogP contribution in [-0.2, 0) is 0 Å². The maximum Gasteiger partial charge on any atom is 0.151 e. The van der Waals surface area contributed by atoms with Crippen molar-refractivity contribution < 1.29 is 4.74 Å². The summed E-state index contributed by atoms with van der Waals surface area (Å²) >= 11 is 1.42. The molecular weight excluding hydrogens is 246 g/mol. The number of pyridine rings is 2. The number of nitrogens with zero attached hydrogens (tertiary/aromatic N) is 2. The molecule has 2 rings (SSSR count). The van der Waals surface area contributed by atoms with Crippen LogP contribution in [0.15, 0.2) is 46.7 Å². The number of aromatic nitrogens is 2. The van der Waals surface area contributed by atoms with Gasteiger partial charge in [0.2, 0.25) is 0 Å². The van der Waals surface area contributed by atoms with Crippen molar-refractivity contribution in [1.82, 2.24) is 9.97 Å². The van der Waals surface area contributed by atoms with Gasteiger partial charge in [0.1, 0.15) is 10.1 Å². The lowest BCUT2D eigenvalue weighted by molar-refractivity contribution is 0.307. The van der Waals surface area contributed by atoms with Crippen LogP contribution >= 0.6 is 11.8 Å². The third-order valence-electron chi connectivity index (χ3n) is 2.19. The van der Waals surface area contributed by atoms with Crippen LogP contribution in [0.3, 0.4) is 0 Å². The molecule has 0 spiro atoms. The van der Waals surface area contributed by atoms with Crippen molar-refractivity contribution in [2.24, 2.45) is 0 Å². The van der Waals surface area contributed by atoms with E-state index in [-0.39, 0.29) is 0 Å². The third-order valence-corrected chi connectivity index (χ3v) is 3.23. The first-order valence-electron chi connectivity index (χ1n) is 5.77. The Bertz CT molecular complexity index is 519. The fourth-order valence-corrected chi connectivity index (χ4v) is 2.18. The Hall–Kier alpha value is -1.75. The predicted octanol–water partition coefficient (Wildman–Crippen LogP) is 3.00. The van der Waals surface area contributed by atoms with Crippen molar-refractivity contribution in [3.63, 3.8) is 0 Å². The summed E-state index contributed by atoms with van der Waals surface area (Å²) in [4.78, 5) is 8.55. The van der Waals surface area contributed by atoms with Crippen molar-refractivity contribution >= 4 is 17.4 Å². The Morgan fingerprint density at radius 2 is 1.89 bits per heavy atom. The molecule has 2 N–H and O–H groups in total. The number of anilines is 1. The van der Waals surface area contributed by atoms with E-state index < -0.39 is 0 Å². The number of ether oxygens (including phenoxy) is 1. The lowest BCUT2D eigenvalue weighted by Gasteiger charge is -2.09. The fourth-order valence-electron chi connectivity index (χ4n) is 1.35. The molecule has 0 bridgehead atoms. The first kappa shape index (κ1) is 12.7. The summed E-state index contributed by atoms with van der Waals surface area (Å²) in [5.41, 5.74) is 6.51. The summed E-state index contributed by atoms with van der Waals surface area (Å²) in [7, 11) is 0. The Labute approximate surface area is 111 Å². The van der Waals surface area contributed by atoms with E-state index in [1.54, 1.807) is 12.4 Å². The second-order valence-electron chi connectivity index (χ2n) is 3.65. The molecule has 0 fully saturated rings. The molecule has 0 amide bonds. The molecule has 94 valence electrons. The molecule has 0 aromatic carbocycles. The van der Waals surface area contributed by atoms with Gasteiger partial charge in [-0.15, -0.1) is 0 Å². The topological polar surface area (TPSA) is 61.0 Å². The van der Waals surface area contributed by atoms with Crippen LogP contribution in [0, 0.1) is 0 Å². The van der Waals surface area contributed by atoms with Crippen molar-refractivity contribution in [2.75, 3.05) is 12.3 Å². The van der Waals surface area contributed by atoms with Gasteiger partial charge >= 0.3 is 0 Å². The second kappa shape index (κ2) is 6.26. The van der Waals surface area contributed by atoms with Crippen LogP contribution < -0.4 is 10.5 Å². The van der Waals surface area contributed by atoms with Gasteiger partial charge in [0.15, 0.2) is 5.75 Å². The summed E-state index contributed by atoms with van der Waals surface area (Å²) in [6.07, 6.45) is 4.42. The molecular formula is C13H15N3OS. The Kier molecular flexibility index (Phi) is 4.41. The fraction of sp³-hybridized carbons (Fsp3) is 0.231. The number of nitrogens with two attached hydrogens (primary N) is 1. The summed E-state index contributed by atoms with van der Waals surface area (Å²) in [5, 5.41) is 1.54. The van der Waals surface area contributed by atoms with Gasteiger partial charge in [0.25, 0.3) is 0 Å². The van der Waals surface area contributed by atoms with Gasteiger partial charge in [0, 0.05) is 12.4 Å². The van der Waals surface area contributed by atoms with Gasteiger partial charge < -0.3 is 10.5 Å². The van der Waals surface area contributed by atoms with Gasteiger partial charge in [-0.25, -0.2) is 9.97 Å². The molecule has 5 heteroatoms. The minimum Gasteiger partial charge on any atom is -0.491 e. The van der Waals surface area contributed by atoms with E-state index in [1.807, 2.05) is 24.3 Å². The molecule has 2 aromatic rings. The lowest BCUT2D eigenvalue weighted by Crippen LogP contribution is -1.98. The summed E-state index contributed by atoms with van der Waals surface area (Å²) in [5.74, 6) is 0.773. The molecule has 4 nitrogen and oxygen atoms in total. The minimum atomic E-state index is 0.648. The van der Waals surface area contributed by atoms with E-state index >= 15 is 0 Å². The number of rotatable bonds is 5. The Morgan fingerprint density at radius 3 is 2.61 bits per heavy atom. The smallest absolute Gasteiger partial charge is 0.151 e. The first-order chi connectivity index (χ1) is 8.81. The minimum absolute atomic E-state index is 0.648. The maximum absolute atomic E-state index is 5.87. The van der Waals surface area contributed by atoms with Gasteiger partial charge in [-0.05, 0) is 42.4 Å². The van der Waals surface area contributed by atoms with E-state index in [1.165, 1.54) is 11.8 Å². The summed E-state index contributed by atoms with van der Waals surface area (Å²) < 4.78 is 5.65. The highest BCUT2D eigenvalue weighted by atomic mass is 32.2. The zero-order chi connectivity index (χ0) is 12.8. The highest BCUT2D eigenvalue weighted by Gasteiger charge is 2.09. The largest absolute Gasteiger partial charge is 0.491 e. The van der Waals surface area contributed by atoms with Crippen molar-refractivity contribution in [3.05, 3.63) is 36.7 Å². The zero-order valence-corrected chi connectivity index (χ0v) is 11.0. The normalized spacial score (nSPS) is 10.3. The van der Waals surface area contributed by atoms with Crippen LogP contribution in [0.5, 0.6) is 5.75 Å². The molecule has 0 aliphatic heterocycles. The van der Waals surface area contributed by atoms with Gasteiger partial charge in [-0.2, -0.15) is 0 Å². The van der Waals surface area contributed by atoms with Crippen molar-refractivity contribution in [1.29, 1.82) is 0 Å². The molecule has 0 atom stereocenters. The highest BCUT2D eigenvalue weighted by Crippen LogP contribution is 2.34. The molecule has 2 aromatic heterocycles. The van der Waals surface area contributed by atoms with Gasteiger partial charge in [-0.3, -0.25) is 0 Å². The van der Waals surface area contributed by atoms with Crippen LogP contribution in [0.25, 0.3) is 0 Å². The van der Waals surface area contributed by atoms with E-state index in [2.05, 4.69) is 16.9 Å². The molecule has 0 saturated heterocycles. The average Bonchev–Trinajstić information content (AvgIpc) is 2.40. The van der Waals surface area contributed by atoms with Gasteiger partial charge in [-0.1, -0.05) is 6.92 Å². The van der Waals surface area contributed by atoms with Crippen molar-refractivity contribution in [2.45, 2.75) is 23.4 Å². The molecule has 2 heterocycles. The van der Waals surface area contributed by atoms with E-state index in [0.29, 0.717) is 12.3 Å². The maximum atomic E-state index is 5.87. The number of hydrogen-bond acceptors (Lipinski definition) is 5. The molecule has 0 aliphatic carbocycles. The zero-order valence-electron chi connectivity index (χ0n) is 10.2. The molecule has 0 aliphatic rings. The monoisotopic (exact) mass is 261 g/mol.